The first-order valence-electron chi connectivity index (χ1n) is 30.6. The maximum Gasteiger partial charge on any atom is 0.373 e. The summed E-state index contributed by atoms with van der Waals surface area (Å²) in [5, 5.41) is 68.5. The standard InChI is InChI=1S/C16H19NO3S.2C16H21NO2S.C13H14O3S.C3H7NO.C3H4O2.CO2.ClH/c18-14-10-17(11-14)16(19)4-7-20-6-3-12-1-2-15-13(9-12)5-8-21-15;2*18-15-11-17(12-15)6-1-7-19-8-4-13-2-3-16-14(10-13)5-9-20-16;14-13(15)4-7-16-6-3-10-1-2-12-11(9-10)5-8-17-12;5-3-1-4-2-3;1-2-3(4)5;2-1-3;/h1-2,5,8-9,14,18H,3-4,6-7,10-11H2;2*2-3,5,9-10,15,18H,1,4,6-8,11-12H2;1-2,5,8-9H,3-4,6-7H2,(H,14,15);3-5H,1-2H2;2H,1H2,(H,4,5);;1H. The number of carboxylic acids is 2. The van der Waals surface area contributed by atoms with E-state index in [9.17, 15) is 24.6 Å². The molecule has 4 aliphatic rings. The van der Waals surface area contributed by atoms with Crippen LogP contribution in [0.25, 0.3) is 40.3 Å². The summed E-state index contributed by atoms with van der Waals surface area (Å²) in [7, 11) is 0. The van der Waals surface area contributed by atoms with Crippen molar-refractivity contribution < 1.29 is 73.6 Å². The second-order valence-corrected chi connectivity index (χ2v) is 25.7. The molecule has 0 unspecified atom stereocenters. The van der Waals surface area contributed by atoms with Crippen molar-refractivity contribution in [2.75, 3.05) is 118 Å². The lowest BCUT2D eigenvalue weighted by molar-refractivity contribution is -0.191. The molecule has 92 heavy (non-hydrogen) atoms. The number of β-amino-alcohol motifs (C(OH)–C–C–N with tert-alkyl or cyclic N) is 4. The zero-order valence-electron chi connectivity index (χ0n) is 51.8. The van der Waals surface area contributed by atoms with Gasteiger partial charge in [0.15, 0.2) is 0 Å². The molecule has 4 aliphatic heterocycles. The zero-order valence-corrected chi connectivity index (χ0v) is 55.8. The van der Waals surface area contributed by atoms with Crippen LogP contribution in [0.3, 0.4) is 0 Å². The lowest BCUT2D eigenvalue weighted by atomic mass is 10.1. The monoisotopic (exact) mass is 1360 g/mol. The quantitative estimate of drug-likeness (QED) is 0.0187. The largest absolute Gasteiger partial charge is 0.481 e. The number of aliphatic carboxylic acids is 2. The van der Waals surface area contributed by atoms with Gasteiger partial charge in [-0.2, -0.15) is 9.59 Å². The van der Waals surface area contributed by atoms with E-state index < -0.39 is 11.9 Å². The van der Waals surface area contributed by atoms with Crippen molar-refractivity contribution in [2.45, 2.75) is 75.8 Å². The topological polar surface area (TPSA) is 265 Å². The van der Waals surface area contributed by atoms with Gasteiger partial charge in [-0.3, -0.25) is 19.4 Å². The van der Waals surface area contributed by atoms with Crippen molar-refractivity contribution in [2.24, 2.45) is 0 Å². The van der Waals surface area contributed by atoms with Crippen LogP contribution in [0.15, 0.2) is 131 Å². The lowest BCUT2D eigenvalue weighted by Crippen LogP contribution is -2.53. The van der Waals surface area contributed by atoms with Crippen molar-refractivity contribution >= 4 is 122 Å². The van der Waals surface area contributed by atoms with Crippen molar-refractivity contribution in [3.8, 4) is 0 Å². The smallest absolute Gasteiger partial charge is 0.373 e. The van der Waals surface area contributed by atoms with E-state index in [1.54, 1.807) is 50.2 Å². The second-order valence-electron chi connectivity index (χ2n) is 21.9. The van der Waals surface area contributed by atoms with Gasteiger partial charge in [0.1, 0.15) is 0 Å². The van der Waals surface area contributed by atoms with Gasteiger partial charge in [0, 0.05) is 104 Å². The Balaban J connectivity index is 0.000000208. The summed E-state index contributed by atoms with van der Waals surface area (Å²) in [4.78, 5) is 53.6. The summed E-state index contributed by atoms with van der Waals surface area (Å²) in [6.07, 6.45) is 6.74. The molecule has 0 bridgehead atoms. The van der Waals surface area contributed by atoms with Gasteiger partial charge in [-0.15, -0.1) is 57.8 Å². The molecule has 4 aromatic heterocycles. The minimum atomic E-state index is -0.981. The number of carbonyl (C=O) groups is 3. The summed E-state index contributed by atoms with van der Waals surface area (Å²) in [6.45, 7) is 16.0. The Morgan fingerprint density at radius 3 is 1.07 bits per heavy atom. The van der Waals surface area contributed by atoms with Gasteiger partial charge < -0.3 is 59.8 Å². The van der Waals surface area contributed by atoms with Crippen LogP contribution in [0.1, 0.15) is 47.9 Å². The minimum absolute atomic E-state index is 0. The first-order valence-corrected chi connectivity index (χ1v) is 34.1. The van der Waals surface area contributed by atoms with Gasteiger partial charge in [0.25, 0.3) is 0 Å². The number of halogens is 1. The van der Waals surface area contributed by atoms with Crippen LogP contribution in [-0.2, 0) is 68.6 Å². The number of hydrogen-bond donors (Lipinski definition) is 7. The van der Waals surface area contributed by atoms with Crippen LogP contribution in [-0.4, -0.2) is 212 Å². The Kier molecular flexibility index (Phi) is 36.6. The third kappa shape index (κ3) is 29.6. The summed E-state index contributed by atoms with van der Waals surface area (Å²) < 4.78 is 27.5. The normalized spacial score (nSPS) is 14.6. The van der Waals surface area contributed by atoms with E-state index in [4.69, 9.17) is 49.0 Å². The first-order chi connectivity index (χ1) is 44.2. The van der Waals surface area contributed by atoms with E-state index in [-0.39, 0.29) is 61.9 Å². The number of thiophene rings is 4. The molecule has 4 saturated heterocycles. The van der Waals surface area contributed by atoms with E-state index >= 15 is 0 Å². The molecule has 4 aromatic carbocycles. The summed E-state index contributed by atoms with van der Waals surface area (Å²) >= 11 is 7.06. The maximum atomic E-state index is 11.7. The fraction of sp³-hybridized carbons (Fsp3) is 0.441. The molecule has 12 rings (SSSR count). The number of carboxylic acid groups (broad SMARTS) is 2. The number of hydrogen-bond acceptors (Lipinski definition) is 20. The predicted octanol–water partition coefficient (Wildman–Crippen LogP) is 9.09. The average Bonchev–Trinajstić information content (AvgIpc) is 2.14. The summed E-state index contributed by atoms with van der Waals surface area (Å²) in [5.74, 6) is -1.73. The number of aliphatic hydroxyl groups excluding tert-OH is 4. The molecular weight excluding hydrogens is 1280 g/mol. The van der Waals surface area contributed by atoms with Crippen molar-refractivity contribution in [1.29, 1.82) is 0 Å². The van der Waals surface area contributed by atoms with Crippen molar-refractivity contribution in [3.63, 3.8) is 0 Å². The van der Waals surface area contributed by atoms with Gasteiger partial charge in [0.05, 0.1) is 76.9 Å². The number of aliphatic hydroxyl groups is 4. The number of ether oxygens (including phenoxy) is 4. The Bertz CT molecular complexity index is 3320. The molecule has 4 fully saturated rings. The number of amides is 1. The number of likely N-dealkylation sites (tertiary alicyclic amines) is 3. The second kappa shape index (κ2) is 43.9. The van der Waals surface area contributed by atoms with Crippen LogP contribution in [0.2, 0.25) is 0 Å². The van der Waals surface area contributed by atoms with E-state index in [0.717, 1.165) is 123 Å². The van der Waals surface area contributed by atoms with Crippen LogP contribution < -0.4 is 5.32 Å². The molecule has 1 amide bonds. The molecule has 7 N–H and O–H groups in total. The van der Waals surface area contributed by atoms with Crippen molar-refractivity contribution in [1.82, 2.24) is 20.0 Å². The fourth-order valence-electron chi connectivity index (χ4n) is 9.50. The van der Waals surface area contributed by atoms with Gasteiger partial charge in [-0.05, 0) is 152 Å². The molecule has 0 radical (unpaired) electrons. The fourth-order valence-corrected chi connectivity index (χ4v) is 12.6. The van der Waals surface area contributed by atoms with Crippen LogP contribution in [0, 0.1) is 0 Å². The Labute approximate surface area is 559 Å². The number of rotatable bonds is 27. The lowest BCUT2D eigenvalue weighted by Gasteiger charge is -2.35. The highest BCUT2D eigenvalue weighted by molar-refractivity contribution is 7.18. The highest BCUT2D eigenvalue weighted by Crippen LogP contribution is 2.25. The van der Waals surface area contributed by atoms with Crippen LogP contribution in [0.5, 0.6) is 0 Å². The third-order valence-electron chi connectivity index (χ3n) is 14.7. The highest BCUT2D eigenvalue weighted by atomic mass is 35.5. The minimum Gasteiger partial charge on any atom is -0.481 e. The number of nitrogens with one attached hydrogen (secondary N) is 1. The van der Waals surface area contributed by atoms with E-state index in [1.807, 2.05) is 0 Å². The molecule has 8 heterocycles. The highest BCUT2D eigenvalue weighted by Gasteiger charge is 2.28. The molecule has 24 heteroatoms. The zero-order chi connectivity index (χ0) is 65.0. The maximum absolute atomic E-state index is 11.7. The number of fused-ring (bicyclic) bond motifs is 4. The van der Waals surface area contributed by atoms with Crippen LogP contribution >= 0.6 is 57.8 Å². The van der Waals surface area contributed by atoms with Gasteiger partial charge in [0.2, 0.25) is 5.91 Å². The van der Waals surface area contributed by atoms with Gasteiger partial charge >= 0.3 is 18.1 Å². The Hall–Kier alpha value is -5.90. The number of benzene rings is 4. The predicted molar refractivity (Wildman–Crippen MR) is 368 cm³/mol. The average molecular weight is 1360 g/mol. The first kappa shape index (κ1) is 76.8. The van der Waals surface area contributed by atoms with E-state index in [0.29, 0.717) is 39.3 Å². The van der Waals surface area contributed by atoms with E-state index in [2.05, 4.69) is 140 Å². The number of nitrogens with zero attached hydrogens (tertiary/aromatic N) is 3. The molecule has 0 saturated carbocycles. The summed E-state index contributed by atoms with van der Waals surface area (Å²) in [6, 6.07) is 34.7. The number of carbonyl (C=O) groups excluding carboxylic acids is 3. The van der Waals surface area contributed by atoms with E-state index in [1.165, 1.54) is 62.6 Å². The molecule has 500 valence electrons. The molecule has 19 nitrogen and oxygen atoms in total. The molecule has 0 spiro atoms. The Morgan fingerprint density at radius 2 is 0.793 bits per heavy atom. The molecular formula is C68H87ClN4O15S4. The molecule has 8 aromatic rings. The molecule has 0 aliphatic carbocycles. The third-order valence-corrected chi connectivity index (χ3v) is 18.3. The van der Waals surface area contributed by atoms with Crippen LogP contribution in [0.4, 0.5) is 0 Å². The van der Waals surface area contributed by atoms with Gasteiger partial charge in [-0.1, -0.05) is 55.1 Å². The Morgan fingerprint density at radius 1 is 0.489 bits per heavy atom. The summed E-state index contributed by atoms with van der Waals surface area (Å²) in [5.41, 5.74) is 5.19. The molecule has 0 atom stereocenters. The van der Waals surface area contributed by atoms with Crippen molar-refractivity contribution in [3.05, 3.63) is 153 Å². The SMILES string of the molecule is C=CC(=O)O.Cl.O=C(CCOCCc1ccc2sccc2c1)N1CC(O)C1.O=C(O)CCOCCc1ccc2sccc2c1.O=C=O.OC1CN(CCCOCCc2ccc3sccc3c2)C1.OC1CN(CCCOCCc2ccc3sccc3c2)C1.OC1CNC1. The van der Waals surface area contributed by atoms with Gasteiger partial charge in [-0.25, -0.2) is 4.79 Å².